The van der Waals surface area contributed by atoms with Crippen molar-refractivity contribution in [2.45, 2.75) is 71.1 Å². The Bertz CT molecular complexity index is 299. The lowest BCUT2D eigenvalue weighted by Crippen LogP contribution is -2.21. The van der Waals surface area contributed by atoms with Crippen molar-refractivity contribution < 1.29 is 9.47 Å². The monoisotopic (exact) mass is 322 g/mol. The van der Waals surface area contributed by atoms with Crippen molar-refractivity contribution in [3.8, 4) is 0 Å². The predicted molar refractivity (Wildman–Crippen MR) is 97.6 cm³/mol. The quantitative estimate of drug-likeness (QED) is 0.384. The molecule has 0 amide bonds. The highest BCUT2D eigenvalue weighted by atomic mass is 16.5. The summed E-state index contributed by atoms with van der Waals surface area (Å²) in [6.07, 6.45) is 16.1. The van der Waals surface area contributed by atoms with Crippen molar-refractivity contribution in [1.82, 2.24) is 0 Å². The number of ether oxygens (including phenoxy) is 2. The van der Waals surface area contributed by atoms with Crippen LogP contribution in [0, 0.1) is 23.7 Å². The van der Waals surface area contributed by atoms with Gasteiger partial charge in [-0.15, -0.1) is 6.58 Å². The summed E-state index contributed by atoms with van der Waals surface area (Å²) in [4.78, 5) is 0. The fraction of sp³-hybridized carbons (Fsp3) is 0.905. The Labute approximate surface area is 144 Å². The van der Waals surface area contributed by atoms with Gasteiger partial charge < -0.3 is 9.47 Å². The van der Waals surface area contributed by atoms with Gasteiger partial charge in [0.05, 0.1) is 6.61 Å². The van der Waals surface area contributed by atoms with Crippen molar-refractivity contribution in [2.75, 3.05) is 26.4 Å². The van der Waals surface area contributed by atoms with E-state index >= 15 is 0 Å². The summed E-state index contributed by atoms with van der Waals surface area (Å²) in [5.74, 6) is 3.64. The SMILES string of the molecule is C=CCOCC1CCC(CCC2CCC(COCC)CC2)CC1. The van der Waals surface area contributed by atoms with Crippen LogP contribution in [0.25, 0.3) is 0 Å². The van der Waals surface area contributed by atoms with E-state index in [1.807, 2.05) is 6.08 Å². The van der Waals surface area contributed by atoms with Gasteiger partial charge in [0.1, 0.15) is 0 Å². The molecule has 2 aliphatic rings. The van der Waals surface area contributed by atoms with Crippen molar-refractivity contribution in [1.29, 1.82) is 0 Å². The molecule has 0 N–H and O–H groups in total. The zero-order valence-electron chi connectivity index (χ0n) is 15.3. The molecule has 2 heteroatoms. The molecule has 134 valence electrons. The molecule has 2 saturated carbocycles. The summed E-state index contributed by atoms with van der Waals surface area (Å²) in [5, 5.41) is 0. The van der Waals surface area contributed by atoms with E-state index in [0.29, 0.717) is 6.61 Å². The number of rotatable bonds is 10. The van der Waals surface area contributed by atoms with Crippen LogP contribution in [-0.4, -0.2) is 26.4 Å². The zero-order chi connectivity index (χ0) is 16.3. The van der Waals surface area contributed by atoms with Crippen molar-refractivity contribution in [3.05, 3.63) is 12.7 Å². The summed E-state index contributed by atoms with van der Waals surface area (Å²) < 4.78 is 11.2. The predicted octanol–water partition coefficient (Wildman–Crippen LogP) is 5.62. The van der Waals surface area contributed by atoms with E-state index in [1.54, 1.807) is 0 Å². The average Bonchev–Trinajstić information content (AvgIpc) is 2.60. The molecule has 0 aromatic rings. The molecule has 2 aliphatic carbocycles. The van der Waals surface area contributed by atoms with Crippen molar-refractivity contribution in [2.24, 2.45) is 23.7 Å². The van der Waals surface area contributed by atoms with Gasteiger partial charge in [0.15, 0.2) is 0 Å². The maximum Gasteiger partial charge on any atom is 0.0644 e. The molecule has 0 aromatic carbocycles. The van der Waals surface area contributed by atoms with Gasteiger partial charge in [-0.25, -0.2) is 0 Å². The van der Waals surface area contributed by atoms with Gasteiger partial charge in [-0.3, -0.25) is 0 Å². The van der Waals surface area contributed by atoms with Crippen LogP contribution in [0.3, 0.4) is 0 Å². The largest absolute Gasteiger partial charge is 0.381 e. The highest BCUT2D eigenvalue weighted by Gasteiger charge is 2.24. The van der Waals surface area contributed by atoms with E-state index in [1.165, 1.54) is 64.2 Å². The van der Waals surface area contributed by atoms with Crippen LogP contribution in [0.1, 0.15) is 71.1 Å². The third-order valence-electron chi connectivity index (χ3n) is 6.06. The Kier molecular flexibility index (Phi) is 9.29. The number of hydrogen-bond acceptors (Lipinski definition) is 2. The molecule has 0 bridgehead atoms. The first kappa shape index (κ1) is 19.0. The first-order valence-corrected chi connectivity index (χ1v) is 10.1. The van der Waals surface area contributed by atoms with E-state index < -0.39 is 0 Å². The average molecular weight is 323 g/mol. The molecule has 0 heterocycles. The smallest absolute Gasteiger partial charge is 0.0644 e. The minimum absolute atomic E-state index is 0.714. The molecule has 2 fully saturated rings. The fourth-order valence-corrected chi connectivity index (χ4v) is 4.45. The highest BCUT2D eigenvalue weighted by molar-refractivity contribution is 4.77. The summed E-state index contributed by atoms with van der Waals surface area (Å²) in [7, 11) is 0. The first-order valence-electron chi connectivity index (χ1n) is 10.1. The van der Waals surface area contributed by atoms with Gasteiger partial charge in [-0.1, -0.05) is 44.6 Å². The molecular weight excluding hydrogens is 284 g/mol. The first-order chi connectivity index (χ1) is 11.3. The highest BCUT2D eigenvalue weighted by Crippen LogP contribution is 2.36. The van der Waals surface area contributed by atoms with Gasteiger partial charge in [0.25, 0.3) is 0 Å². The van der Waals surface area contributed by atoms with Crippen LogP contribution in [0.5, 0.6) is 0 Å². The minimum Gasteiger partial charge on any atom is -0.381 e. The zero-order valence-corrected chi connectivity index (χ0v) is 15.3. The van der Waals surface area contributed by atoms with Crippen LogP contribution in [0.15, 0.2) is 12.7 Å². The molecule has 0 spiro atoms. The van der Waals surface area contributed by atoms with Gasteiger partial charge in [0.2, 0.25) is 0 Å². The summed E-state index contributed by atoms with van der Waals surface area (Å²) in [6, 6.07) is 0. The van der Waals surface area contributed by atoms with Gasteiger partial charge in [-0.05, 0) is 56.3 Å². The maximum atomic E-state index is 5.62. The van der Waals surface area contributed by atoms with Crippen molar-refractivity contribution in [3.63, 3.8) is 0 Å². The van der Waals surface area contributed by atoms with Crippen LogP contribution < -0.4 is 0 Å². The van der Waals surface area contributed by atoms with E-state index in [4.69, 9.17) is 9.47 Å². The Hall–Kier alpha value is -0.340. The van der Waals surface area contributed by atoms with Gasteiger partial charge in [-0.2, -0.15) is 0 Å². The molecular formula is C21H38O2. The molecule has 0 saturated heterocycles. The minimum atomic E-state index is 0.714. The van der Waals surface area contributed by atoms with Crippen LogP contribution in [0.2, 0.25) is 0 Å². The topological polar surface area (TPSA) is 18.5 Å². The number of hydrogen-bond donors (Lipinski definition) is 0. The molecule has 23 heavy (non-hydrogen) atoms. The molecule has 0 radical (unpaired) electrons. The lowest BCUT2D eigenvalue weighted by Gasteiger charge is -2.31. The van der Waals surface area contributed by atoms with E-state index in [-0.39, 0.29) is 0 Å². The second-order valence-electron chi connectivity index (χ2n) is 7.84. The van der Waals surface area contributed by atoms with Gasteiger partial charge >= 0.3 is 0 Å². The van der Waals surface area contributed by atoms with Crippen LogP contribution in [-0.2, 0) is 9.47 Å². The fourth-order valence-electron chi connectivity index (χ4n) is 4.45. The van der Waals surface area contributed by atoms with E-state index in [2.05, 4.69) is 13.5 Å². The van der Waals surface area contributed by atoms with Crippen LogP contribution >= 0.6 is 0 Å². The summed E-state index contributed by atoms with van der Waals surface area (Å²) in [5.41, 5.74) is 0. The second kappa shape index (κ2) is 11.3. The van der Waals surface area contributed by atoms with Gasteiger partial charge in [0, 0.05) is 19.8 Å². The lowest BCUT2D eigenvalue weighted by atomic mass is 9.76. The molecule has 0 aliphatic heterocycles. The standard InChI is InChI=1S/C21H38O2/c1-3-15-23-17-21-13-9-19(10-14-21)6-5-18-7-11-20(12-8-18)16-22-4-2/h3,18-21H,1,4-17H2,2H3. The third kappa shape index (κ3) is 7.39. The Balaban J connectivity index is 1.51. The molecule has 2 nitrogen and oxygen atoms in total. The maximum absolute atomic E-state index is 5.62. The van der Waals surface area contributed by atoms with Crippen molar-refractivity contribution >= 4 is 0 Å². The molecule has 0 atom stereocenters. The Morgan fingerprint density at radius 3 is 1.61 bits per heavy atom. The van der Waals surface area contributed by atoms with Crippen LogP contribution in [0.4, 0.5) is 0 Å². The second-order valence-corrected chi connectivity index (χ2v) is 7.84. The summed E-state index contributed by atoms with van der Waals surface area (Å²) in [6.45, 7) is 9.35. The third-order valence-corrected chi connectivity index (χ3v) is 6.06. The summed E-state index contributed by atoms with van der Waals surface area (Å²) >= 11 is 0. The molecule has 0 aromatic heterocycles. The Morgan fingerprint density at radius 1 is 0.739 bits per heavy atom. The molecule has 0 unspecified atom stereocenters. The normalized spacial score (nSPS) is 31.9. The Morgan fingerprint density at radius 2 is 1.17 bits per heavy atom. The van der Waals surface area contributed by atoms with E-state index in [0.717, 1.165) is 43.5 Å². The molecule has 2 rings (SSSR count). The lowest BCUT2D eigenvalue weighted by molar-refractivity contribution is 0.0818. The van der Waals surface area contributed by atoms with E-state index in [9.17, 15) is 0 Å².